The highest BCUT2D eigenvalue weighted by Crippen LogP contribution is 2.31. The van der Waals surface area contributed by atoms with E-state index in [0.717, 1.165) is 12.1 Å². The Morgan fingerprint density at radius 3 is 2.42 bits per heavy atom. The molecule has 0 fully saturated rings. The third-order valence-corrected chi connectivity index (χ3v) is 5.98. The number of halogens is 3. The molecule has 2 aromatic carbocycles. The molecular weight excluding hydrogens is 469 g/mol. The minimum atomic E-state index is -4.49. The third kappa shape index (κ3) is 4.19. The largest absolute Gasteiger partial charge is 0.416 e. The van der Waals surface area contributed by atoms with Crippen molar-refractivity contribution in [3.8, 4) is 5.69 Å². The Hall–Kier alpha value is -4.53. The average molecular weight is 488 g/mol. The number of nitrogens with one attached hydrogen (secondary N) is 1. The molecule has 0 saturated heterocycles. The van der Waals surface area contributed by atoms with Gasteiger partial charge in [-0.05, 0) is 67.6 Å². The minimum absolute atomic E-state index is 0.276. The number of aromatic nitrogens is 3. The molecule has 9 heteroatoms. The van der Waals surface area contributed by atoms with E-state index in [1.54, 1.807) is 36.5 Å². The van der Waals surface area contributed by atoms with Gasteiger partial charge in [0, 0.05) is 40.6 Å². The Balaban J connectivity index is 1.63. The van der Waals surface area contributed by atoms with Gasteiger partial charge >= 0.3 is 6.18 Å². The lowest BCUT2D eigenvalue weighted by Crippen LogP contribution is -2.27. The first-order valence-corrected chi connectivity index (χ1v) is 11.1. The minimum Gasteiger partial charge on any atom is -0.344 e. The first-order valence-electron chi connectivity index (χ1n) is 11.1. The van der Waals surface area contributed by atoms with Crippen LogP contribution in [0.3, 0.4) is 0 Å². The quantitative estimate of drug-likeness (QED) is 0.342. The number of rotatable bonds is 4. The Morgan fingerprint density at radius 2 is 1.72 bits per heavy atom. The molecule has 5 aromatic rings. The molecule has 0 aliphatic heterocycles. The highest BCUT2D eigenvalue weighted by molar-refractivity contribution is 6.08. The van der Waals surface area contributed by atoms with Crippen molar-refractivity contribution in [2.24, 2.45) is 0 Å². The first kappa shape index (κ1) is 23.2. The van der Waals surface area contributed by atoms with Crippen LogP contribution in [0, 0.1) is 0 Å². The maximum Gasteiger partial charge on any atom is 0.416 e. The summed E-state index contributed by atoms with van der Waals surface area (Å²) in [4.78, 5) is 34.8. The number of alkyl halides is 3. The molecule has 5 rings (SSSR count). The fourth-order valence-electron chi connectivity index (χ4n) is 4.16. The lowest BCUT2D eigenvalue weighted by atomic mass is 10.0. The van der Waals surface area contributed by atoms with Gasteiger partial charge in [-0.15, -0.1) is 0 Å². The Bertz CT molecular complexity index is 1650. The zero-order valence-corrected chi connectivity index (χ0v) is 19.0. The Morgan fingerprint density at radius 1 is 0.944 bits per heavy atom. The van der Waals surface area contributed by atoms with Crippen LogP contribution in [0.4, 0.5) is 13.2 Å². The van der Waals surface area contributed by atoms with Gasteiger partial charge in [0.05, 0.1) is 28.2 Å². The SMILES string of the molecule is C[C@H](NC(=O)c1ccc2c(c1)c1cnccc1c(=O)n2-c1ccc(C(F)(F)F)cc1)c1ccccn1. The molecule has 3 aromatic heterocycles. The summed E-state index contributed by atoms with van der Waals surface area (Å²) in [7, 11) is 0. The van der Waals surface area contributed by atoms with Crippen LogP contribution in [-0.2, 0) is 6.18 Å². The normalized spacial score (nSPS) is 12.6. The molecule has 3 heterocycles. The van der Waals surface area contributed by atoms with E-state index in [4.69, 9.17) is 0 Å². The summed E-state index contributed by atoms with van der Waals surface area (Å²) < 4.78 is 40.5. The lowest BCUT2D eigenvalue weighted by molar-refractivity contribution is -0.137. The summed E-state index contributed by atoms with van der Waals surface area (Å²) in [6.07, 6.45) is 0.162. The summed E-state index contributed by atoms with van der Waals surface area (Å²) in [5, 5.41) is 4.34. The van der Waals surface area contributed by atoms with E-state index in [1.165, 1.54) is 29.1 Å². The van der Waals surface area contributed by atoms with E-state index in [-0.39, 0.29) is 17.6 Å². The number of hydrogen-bond acceptors (Lipinski definition) is 4. The molecule has 1 atom stereocenters. The second-order valence-electron chi connectivity index (χ2n) is 8.29. The van der Waals surface area contributed by atoms with Gasteiger partial charge in [0.15, 0.2) is 0 Å². The molecule has 0 aliphatic rings. The van der Waals surface area contributed by atoms with Crippen molar-refractivity contribution >= 4 is 27.6 Å². The molecule has 0 saturated carbocycles. The van der Waals surface area contributed by atoms with Gasteiger partial charge in [-0.1, -0.05) is 6.07 Å². The highest BCUT2D eigenvalue weighted by atomic mass is 19.4. The van der Waals surface area contributed by atoms with Gasteiger partial charge in [0.2, 0.25) is 0 Å². The molecule has 0 aliphatic carbocycles. The van der Waals surface area contributed by atoms with Crippen LogP contribution >= 0.6 is 0 Å². The van der Waals surface area contributed by atoms with Gasteiger partial charge in [-0.25, -0.2) is 0 Å². The number of nitrogens with zero attached hydrogens (tertiary/aromatic N) is 3. The number of pyridine rings is 3. The zero-order chi connectivity index (χ0) is 25.4. The molecule has 0 radical (unpaired) electrons. The van der Waals surface area contributed by atoms with Crippen LogP contribution < -0.4 is 10.9 Å². The maximum absolute atomic E-state index is 13.4. The van der Waals surface area contributed by atoms with Gasteiger partial charge in [-0.3, -0.25) is 24.1 Å². The van der Waals surface area contributed by atoms with Crippen molar-refractivity contribution in [2.75, 3.05) is 0 Å². The molecular formula is C27H19F3N4O2. The lowest BCUT2D eigenvalue weighted by Gasteiger charge is -2.16. The van der Waals surface area contributed by atoms with Crippen molar-refractivity contribution in [2.45, 2.75) is 19.1 Å². The first-order chi connectivity index (χ1) is 17.2. The second kappa shape index (κ2) is 8.92. The monoisotopic (exact) mass is 488 g/mol. The average Bonchev–Trinajstić information content (AvgIpc) is 2.89. The number of carbonyl (C=O) groups is 1. The van der Waals surface area contributed by atoms with Crippen molar-refractivity contribution in [3.63, 3.8) is 0 Å². The number of amides is 1. The van der Waals surface area contributed by atoms with E-state index in [2.05, 4.69) is 15.3 Å². The number of benzene rings is 2. The van der Waals surface area contributed by atoms with Crippen molar-refractivity contribution in [1.82, 2.24) is 19.9 Å². The van der Waals surface area contributed by atoms with E-state index in [9.17, 15) is 22.8 Å². The molecule has 1 amide bonds. The molecule has 0 unspecified atom stereocenters. The van der Waals surface area contributed by atoms with Crippen LogP contribution in [-0.4, -0.2) is 20.4 Å². The zero-order valence-electron chi connectivity index (χ0n) is 19.0. The van der Waals surface area contributed by atoms with Gasteiger partial charge in [0.25, 0.3) is 11.5 Å². The summed E-state index contributed by atoms with van der Waals surface area (Å²) in [6.45, 7) is 1.82. The van der Waals surface area contributed by atoms with Crippen LogP contribution in [0.25, 0.3) is 27.4 Å². The van der Waals surface area contributed by atoms with Crippen molar-refractivity contribution in [3.05, 3.63) is 112 Å². The maximum atomic E-state index is 13.4. The standard InChI is InChI=1S/C27H19F3N4O2/c1-16(23-4-2-3-12-32-23)33-25(35)17-5-10-24-21(14-17)22-15-31-13-11-20(22)26(36)34(24)19-8-6-18(7-9-19)27(28,29)30/h2-16H,1H3,(H,33,35)/t16-/m0/s1. The van der Waals surface area contributed by atoms with Crippen molar-refractivity contribution in [1.29, 1.82) is 0 Å². The molecule has 36 heavy (non-hydrogen) atoms. The Labute approximate surface area is 203 Å². The van der Waals surface area contributed by atoms with Crippen molar-refractivity contribution < 1.29 is 18.0 Å². The van der Waals surface area contributed by atoms with E-state index < -0.39 is 17.3 Å². The van der Waals surface area contributed by atoms with E-state index in [1.807, 2.05) is 19.1 Å². The molecule has 180 valence electrons. The van der Waals surface area contributed by atoms with Crippen LogP contribution in [0.1, 0.15) is 34.6 Å². The van der Waals surface area contributed by atoms with Gasteiger partial charge < -0.3 is 5.32 Å². The number of hydrogen-bond donors (Lipinski definition) is 1. The molecule has 1 N–H and O–H groups in total. The van der Waals surface area contributed by atoms with E-state index >= 15 is 0 Å². The van der Waals surface area contributed by atoms with Gasteiger partial charge in [0.1, 0.15) is 0 Å². The fraction of sp³-hybridized carbons (Fsp3) is 0.111. The van der Waals surface area contributed by atoms with Crippen LogP contribution in [0.15, 0.2) is 90.1 Å². The predicted molar refractivity (Wildman–Crippen MR) is 130 cm³/mol. The number of carbonyl (C=O) groups excluding carboxylic acids is 1. The fourth-order valence-corrected chi connectivity index (χ4v) is 4.16. The summed E-state index contributed by atoms with van der Waals surface area (Å²) >= 11 is 0. The summed E-state index contributed by atoms with van der Waals surface area (Å²) in [5.74, 6) is -0.334. The second-order valence-corrected chi connectivity index (χ2v) is 8.29. The molecule has 6 nitrogen and oxygen atoms in total. The highest BCUT2D eigenvalue weighted by Gasteiger charge is 2.30. The number of fused-ring (bicyclic) bond motifs is 3. The van der Waals surface area contributed by atoms with E-state index in [0.29, 0.717) is 32.9 Å². The van der Waals surface area contributed by atoms with Crippen LogP contribution in [0.5, 0.6) is 0 Å². The smallest absolute Gasteiger partial charge is 0.344 e. The topological polar surface area (TPSA) is 76.9 Å². The van der Waals surface area contributed by atoms with Gasteiger partial charge in [-0.2, -0.15) is 13.2 Å². The Kier molecular flexibility index (Phi) is 5.75. The summed E-state index contributed by atoms with van der Waals surface area (Å²) in [6, 6.07) is 15.9. The molecule has 0 spiro atoms. The molecule has 0 bridgehead atoms. The predicted octanol–water partition coefficient (Wildman–Crippen LogP) is 5.44. The summed E-state index contributed by atoms with van der Waals surface area (Å²) in [5.41, 5.74) is 0.563. The third-order valence-electron chi connectivity index (χ3n) is 5.98. The van der Waals surface area contributed by atoms with Crippen LogP contribution in [0.2, 0.25) is 0 Å².